The maximum Gasteiger partial charge on any atom is 0.415 e. The molecule has 5 rings (SSSR count). The van der Waals surface area contributed by atoms with Crippen molar-refractivity contribution in [2.24, 2.45) is 0 Å². The lowest BCUT2D eigenvalue weighted by atomic mass is 9.86. The first-order valence-corrected chi connectivity index (χ1v) is 14.5. The van der Waals surface area contributed by atoms with E-state index in [1.165, 1.54) is 10.6 Å². The molecule has 1 amide bonds. The third kappa shape index (κ3) is 5.82. The quantitative estimate of drug-likeness (QED) is 0.188. The van der Waals surface area contributed by atoms with Crippen molar-refractivity contribution in [1.82, 2.24) is 9.55 Å². The van der Waals surface area contributed by atoms with Gasteiger partial charge in [0, 0.05) is 28.2 Å². The highest BCUT2D eigenvalue weighted by Crippen LogP contribution is 2.39. The molecule has 11 nitrogen and oxygen atoms in total. The lowest BCUT2D eigenvalue weighted by Crippen LogP contribution is -2.44. The monoisotopic (exact) mass is 621 g/mol. The van der Waals surface area contributed by atoms with Crippen molar-refractivity contribution in [1.29, 1.82) is 0 Å². The number of pyridine rings is 2. The number of fused-ring (bicyclic) bond motifs is 5. The van der Waals surface area contributed by atoms with Crippen LogP contribution in [0.1, 0.15) is 71.6 Å². The Labute approximate surface area is 259 Å². The Morgan fingerprint density at radius 1 is 1.11 bits per heavy atom. The van der Waals surface area contributed by atoms with Gasteiger partial charge in [0.25, 0.3) is 5.56 Å². The van der Waals surface area contributed by atoms with Crippen molar-refractivity contribution in [3.05, 3.63) is 69.3 Å². The number of hydrogen-bond acceptors (Lipinski definition) is 9. The van der Waals surface area contributed by atoms with Crippen LogP contribution in [0.5, 0.6) is 0 Å². The number of esters is 2. The largest absolute Gasteiger partial charge is 0.458 e. The Morgan fingerprint density at radius 2 is 1.78 bits per heavy atom. The summed E-state index contributed by atoms with van der Waals surface area (Å²) >= 11 is 0. The topological polar surface area (TPSA) is 137 Å². The highest BCUT2D eigenvalue weighted by molar-refractivity contribution is 5.97. The zero-order valence-electron chi connectivity index (χ0n) is 26.4. The van der Waals surface area contributed by atoms with Crippen molar-refractivity contribution in [3.63, 3.8) is 0 Å². The van der Waals surface area contributed by atoms with E-state index >= 15 is 4.39 Å². The van der Waals surface area contributed by atoms with Crippen molar-refractivity contribution in [3.8, 4) is 11.4 Å². The predicted octanol–water partition coefficient (Wildman–Crippen LogP) is 4.86. The Balaban J connectivity index is 1.59. The number of carbonyl (C=O) groups is 3. The second-order valence-electron chi connectivity index (χ2n) is 13.3. The molecule has 0 saturated heterocycles. The van der Waals surface area contributed by atoms with E-state index in [2.05, 4.69) is 11.6 Å². The standard InChI is InChI=1S/C33H36FN3O8/c1-9-33(42)21-12-25-26-19(15-36(25)27(38)20(21)16-43-29(33)40)10-18-11-24(22(34)13-23(18)35-26)37(30(41)45-32(6,7)8)14-17(2)28(39)44-31(3,4)5/h10-13,42H,2,9,14-16H2,1,3-8H3/t33-/m0/s1. The number of anilines is 1. The molecule has 0 unspecified atom stereocenters. The number of halogens is 1. The number of carbonyl (C=O) groups excluding carboxylic acids is 3. The van der Waals surface area contributed by atoms with Gasteiger partial charge in [-0.15, -0.1) is 0 Å². The molecule has 0 fully saturated rings. The van der Waals surface area contributed by atoms with Gasteiger partial charge in [-0.3, -0.25) is 9.69 Å². The molecule has 3 aromatic rings. The smallest absolute Gasteiger partial charge is 0.415 e. The molecule has 2 aromatic heterocycles. The minimum Gasteiger partial charge on any atom is -0.458 e. The Morgan fingerprint density at radius 3 is 2.40 bits per heavy atom. The predicted molar refractivity (Wildman–Crippen MR) is 163 cm³/mol. The molecule has 0 bridgehead atoms. The molecule has 2 aliphatic heterocycles. The third-order valence-corrected chi connectivity index (χ3v) is 7.52. The third-order valence-electron chi connectivity index (χ3n) is 7.52. The molecule has 0 aliphatic carbocycles. The first-order valence-electron chi connectivity index (χ1n) is 14.5. The number of hydrogen-bond donors (Lipinski definition) is 1. The van der Waals surface area contributed by atoms with Crippen LogP contribution in [0.3, 0.4) is 0 Å². The molecular formula is C33H36FN3O8. The second-order valence-corrected chi connectivity index (χ2v) is 13.3. The molecule has 12 heteroatoms. The highest BCUT2D eigenvalue weighted by Gasteiger charge is 2.45. The summed E-state index contributed by atoms with van der Waals surface area (Å²) in [6, 6.07) is 5.87. The molecule has 1 aromatic carbocycles. The molecule has 0 saturated carbocycles. The Hall–Kier alpha value is -4.58. The van der Waals surface area contributed by atoms with Gasteiger partial charge >= 0.3 is 18.0 Å². The Kier molecular flexibility index (Phi) is 7.64. The van der Waals surface area contributed by atoms with E-state index < -0.39 is 52.8 Å². The minimum absolute atomic E-state index is 0.00220. The molecule has 1 N–H and O–H groups in total. The maximum atomic E-state index is 15.8. The number of cyclic esters (lactones) is 1. The van der Waals surface area contributed by atoms with Gasteiger partial charge in [-0.25, -0.2) is 23.8 Å². The average molecular weight is 622 g/mol. The van der Waals surface area contributed by atoms with Gasteiger partial charge in [-0.2, -0.15) is 0 Å². The van der Waals surface area contributed by atoms with Crippen molar-refractivity contribution >= 4 is 34.6 Å². The van der Waals surface area contributed by atoms with E-state index in [4.69, 9.17) is 14.2 Å². The van der Waals surface area contributed by atoms with Crippen LogP contribution >= 0.6 is 0 Å². The number of amides is 1. The van der Waals surface area contributed by atoms with E-state index in [0.29, 0.717) is 22.3 Å². The van der Waals surface area contributed by atoms with Crippen LogP contribution in [0, 0.1) is 5.82 Å². The minimum atomic E-state index is -1.97. The van der Waals surface area contributed by atoms with E-state index in [1.54, 1.807) is 60.6 Å². The van der Waals surface area contributed by atoms with Gasteiger partial charge in [-0.05, 0) is 66.2 Å². The van der Waals surface area contributed by atoms with Crippen molar-refractivity contribution in [2.45, 2.75) is 84.8 Å². The molecule has 45 heavy (non-hydrogen) atoms. The van der Waals surface area contributed by atoms with Gasteiger partial charge in [0.1, 0.15) is 23.6 Å². The van der Waals surface area contributed by atoms with E-state index in [-0.39, 0.29) is 47.5 Å². The first-order chi connectivity index (χ1) is 20.8. The fourth-order valence-corrected chi connectivity index (χ4v) is 5.37. The molecule has 2 aliphatic rings. The van der Waals surface area contributed by atoms with Gasteiger partial charge in [0.15, 0.2) is 5.60 Å². The van der Waals surface area contributed by atoms with Crippen LogP contribution in [0.15, 0.2) is 41.2 Å². The zero-order valence-corrected chi connectivity index (χ0v) is 26.4. The van der Waals surface area contributed by atoms with Crippen LogP contribution in [-0.4, -0.2) is 50.4 Å². The molecule has 4 heterocycles. The molecule has 238 valence electrons. The number of nitrogens with zero attached hydrogens (tertiary/aromatic N) is 3. The van der Waals surface area contributed by atoms with Crippen LogP contribution in [0.2, 0.25) is 0 Å². The van der Waals surface area contributed by atoms with Crippen LogP contribution in [0.25, 0.3) is 22.3 Å². The molecule has 0 spiro atoms. The summed E-state index contributed by atoms with van der Waals surface area (Å²) in [5.74, 6) is -2.39. The summed E-state index contributed by atoms with van der Waals surface area (Å²) in [6.07, 6.45) is -0.897. The summed E-state index contributed by atoms with van der Waals surface area (Å²) in [5, 5.41) is 11.5. The number of ether oxygens (including phenoxy) is 3. The number of rotatable bonds is 5. The average Bonchev–Trinajstić information content (AvgIpc) is 3.28. The van der Waals surface area contributed by atoms with Crippen molar-refractivity contribution < 1.29 is 38.1 Å². The Bertz CT molecular complexity index is 1850. The second kappa shape index (κ2) is 10.8. The van der Waals surface area contributed by atoms with E-state index in [0.717, 1.165) is 11.0 Å². The summed E-state index contributed by atoms with van der Waals surface area (Å²) in [6.45, 7) is 14.9. The molecule has 0 radical (unpaired) electrons. The van der Waals surface area contributed by atoms with Gasteiger partial charge in [-0.1, -0.05) is 13.5 Å². The summed E-state index contributed by atoms with van der Waals surface area (Å²) in [5.41, 5.74) is -2.39. The lowest BCUT2D eigenvalue weighted by molar-refractivity contribution is -0.172. The number of aromatic nitrogens is 2. The summed E-state index contributed by atoms with van der Waals surface area (Å²) < 4.78 is 33.3. The maximum absolute atomic E-state index is 15.8. The van der Waals surface area contributed by atoms with Gasteiger partial charge < -0.3 is 23.9 Å². The number of aliphatic hydroxyl groups is 1. The normalized spacial score (nSPS) is 17.2. The van der Waals surface area contributed by atoms with Gasteiger partial charge in [0.2, 0.25) is 0 Å². The van der Waals surface area contributed by atoms with Crippen molar-refractivity contribution in [2.75, 3.05) is 11.4 Å². The van der Waals surface area contributed by atoms with E-state index in [1.807, 2.05) is 0 Å². The van der Waals surface area contributed by atoms with E-state index in [9.17, 15) is 24.3 Å². The van der Waals surface area contributed by atoms with Crippen LogP contribution in [0.4, 0.5) is 14.9 Å². The highest BCUT2D eigenvalue weighted by atomic mass is 19.1. The van der Waals surface area contributed by atoms with Crippen LogP contribution in [-0.2, 0) is 42.6 Å². The zero-order chi connectivity index (χ0) is 33.2. The van der Waals surface area contributed by atoms with Gasteiger partial charge in [0.05, 0.1) is 41.2 Å². The SMILES string of the molecule is C=C(CN(C(=O)OC(C)(C)C)c1cc2cc3c(nc2cc1F)-c1cc2c(c(=O)n1C3)COC(=O)[C@]2(O)CC)C(=O)OC(C)(C)C. The summed E-state index contributed by atoms with van der Waals surface area (Å²) in [7, 11) is 0. The molecular weight excluding hydrogens is 585 g/mol. The fraction of sp³-hybridized carbons (Fsp3) is 0.424. The number of benzene rings is 1. The fourth-order valence-electron chi connectivity index (χ4n) is 5.37. The summed E-state index contributed by atoms with van der Waals surface area (Å²) in [4.78, 5) is 57.6. The lowest BCUT2D eigenvalue weighted by Gasteiger charge is -2.31. The molecule has 1 atom stereocenters. The first kappa shape index (κ1) is 31.8. The van der Waals surface area contributed by atoms with Crippen LogP contribution < -0.4 is 10.5 Å².